The first-order chi connectivity index (χ1) is 13.6. The van der Waals surface area contributed by atoms with Crippen LogP contribution in [0.2, 0.25) is 0 Å². The van der Waals surface area contributed by atoms with Crippen molar-refractivity contribution < 1.29 is 9.21 Å². The van der Waals surface area contributed by atoms with Crippen LogP contribution in [0.25, 0.3) is 16.9 Å². The first-order valence-corrected chi connectivity index (χ1v) is 9.03. The Bertz CT molecular complexity index is 1090. The number of benzene rings is 2. The van der Waals surface area contributed by atoms with Gasteiger partial charge in [-0.25, -0.2) is 9.67 Å². The van der Waals surface area contributed by atoms with Crippen molar-refractivity contribution in [2.24, 2.45) is 0 Å². The predicted octanol–water partition coefficient (Wildman–Crippen LogP) is 4.07. The standard InChI is InChI=1S/C22H20N4O2/c1-15-16(2)28-21(25-15)14-23-22(27)18-9-6-10-19(13-18)26-20(11-12-24-26)17-7-4-3-5-8-17/h3-13H,14H2,1-2H3,(H,23,27). The van der Waals surface area contributed by atoms with Gasteiger partial charge in [-0.2, -0.15) is 5.10 Å². The average molecular weight is 372 g/mol. The second-order valence-electron chi connectivity index (χ2n) is 6.48. The highest BCUT2D eigenvalue weighted by Gasteiger charge is 2.12. The van der Waals surface area contributed by atoms with Gasteiger partial charge in [0.25, 0.3) is 5.91 Å². The number of carbonyl (C=O) groups is 1. The molecule has 0 atom stereocenters. The zero-order chi connectivity index (χ0) is 19.5. The van der Waals surface area contributed by atoms with Crippen molar-refractivity contribution in [2.75, 3.05) is 0 Å². The third kappa shape index (κ3) is 3.57. The molecule has 140 valence electrons. The first kappa shape index (κ1) is 17.7. The fourth-order valence-electron chi connectivity index (χ4n) is 2.99. The number of aromatic nitrogens is 3. The van der Waals surface area contributed by atoms with Crippen molar-refractivity contribution in [2.45, 2.75) is 20.4 Å². The number of oxazole rings is 1. The quantitative estimate of drug-likeness (QED) is 0.573. The van der Waals surface area contributed by atoms with Crippen molar-refractivity contribution in [3.05, 3.63) is 89.8 Å². The topological polar surface area (TPSA) is 73.0 Å². The third-order valence-electron chi connectivity index (χ3n) is 4.54. The van der Waals surface area contributed by atoms with Crippen molar-refractivity contribution in [3.8, 4) is 16.9 Å². The van der Waals surface area contributed by atoms with Gasteiger partial charge in [-0.15, -0.1) is 0 Å². The number of nitrogens with zero attached hydrogens (tertiary/aromatic N) is 3. The van der Waals surface area contributed by atoms with Gasteiger partial charge in [-0.1, -0.05) is 36.4 Å². The molecule has 2 aromatic carbocycles. The number of carbonyl (C=O) groups excluding carboxylic acids is 1. The highest BCUT2D eigenvalue weighted by atomic mass is 16.4. The van der Waals surface area contributed by atoms with Crippen LogP contribution in [0.5, 0.6) is 0 Å². The van der Waals surface area contributed by atoms with Crippen molar-refractivity contribution in [1.29, 1.82) is 0 Å². The molecular weight excluding hydrogens is 352 g/mol. The summed E-state index contributed by atoms with van der Waals surface area (Å²) in [7, 11) is 0. The van der Waals surface area contributed by atoms with E-state index in [-0.39, 0.29) is 12.5 Å². The lowest BCUT2D eigenvalue weighted by Gasteiger charge is -2.09. The molecule has 0 bridgehead atoms. The second-order valence-corrected chi connectivity index (χ2v) is 6.48. The maximum Gasteiger partial charge on any atom is 0.251 e. The lowest BCUT2D eigenvalue weighted by atomic mass is 10.1. The van der Waals surface area contributed by atoms with E-state index in [9.17, 15) is 4.79 Å². The third-order valence-corrected chi connectivity index (χ3v) is 4.54. The Balaban J connectivity index is 1.55. The van der Waals surface area contributed by atoms with E-state index < -0.39 is 0 Å². The van der Waals surface area contributed by atoms with E-state index in [1.54, 1.807) is 12.3 Å². The predicted molar refractivity (Wildman–Crippen MR) is 106 cm³/mol. The Hall–Kier alpha value is -3.67. The normalized spacial score (nSPS) is 10.8. The summed E-state index contributed by atoms with van der Waals surface area (Å²) in [5, 5.41) is 7.28. The number of hydrogen-bond donors (Lipinski definition) is 1. The maximum atomic E-state index is 12.6. The van der Waals surface area contributed by atoms with E-state index in [4.69, 9.17) is 4.42 Å². The van der Waals surface area contributed by atoms with Crippen molar-refractivity contribution >= 4 is 5.91 Å². The highest BCUT2D eigenvalue weighted by molar-refractivity contribution is 5.94. The van der Waals surface area contributed by atoms with Gasteiger partial charge in [0.1, 0.15) is 5.76 Å². The van der Waals surface area contributed by atoms with Gasteiger partial charge in [0.2, 0.25) is 5.89 Å². The summed E-state index contributed by atoms with van der Waals surface area (Å²) in [6.45, 7) is 3.97. The molecule has 0 spiro atoms. The molecule has 28 heavy (non-hydrogen) atoms. The number of hydrogen-bond acceptors (Lipinski definition) is 4. The second kappa shape index (κ2) is 7.52. The molecule has 4 aromatic rings. The Labute approximate surface area is 162 Å². The molecule has 4 rings (SSSR count). The molecule has 2 heterocycles. The Morgan fingerprint density at radius 2 is 1.89 bits per heavy atom. The molecule has 0 fully saturated rings. The minimum Gasteiger partial charge on any atom is -0.444 e. The molecule has 0 aliphatic heterocycles. The summed E-state index contributed by atoms with van der Waals surface area (Å²) in [6, 6.07) is 19.3. The summed E-state index contributed by atoms with van der Waals surface area (Å²) < 4.78 is 7.33. The smallest absolute Gasteiger partial charge is 0.251 e. The van der Waals surface area contributed by atoms with E-state index in [1.807, 2.05) is 73.1 Å². The molecular formula is C22H20N4O2. The van der Waals surface area contributed by atoms with Crippen LogP contribution in [0.4, 0.5) is 0 Å². The number of nitrogens with one attached hydrogen (secondary N) is 1. The Morgan fingerprint density at radius 1 is 1.07 bits per heavy atom. The summed E-state index contributed by atoms with van der Waals surface area (Å²) in [5.41, 5.74) is 4.22. The van der Waals surface area contributed by atoms with Crippen LogP contribution >= 0.6 is 0 Å². The first-order valence-electron chi connectivity index (χ1n) is 9.03. The van der Waals surface area contributed by atoms with Gasteiger partial charge in [0.15, 0.2) is 0 Å². The molecule has 2 aromatic heterocycles. The molecule has 1 N–H and O–H groups in total. The molecule has 6 nitrogen and oxygen atoms in total. The molecule has 6 heteroatoms. The van der Waals surface area contributed by atoms with E-state index >= 15 is 0 Å². The van der Waals surface area contributed by atoms with Crippen LogP contribution in [0.1, 0.15) is 27.7 Å². The van der Waals surface area contributed by atoms with Crippen LogP contribution < -0.4 is 5.32 Å². The lowest BCUT2D eigenvalue weighted by molar-refractivity contribution is 0.0947. The molecule has 1 amide bonds. The van der Waals surface area contributed by atoms with Gasteiger partial charge in [-0.3, -0.25) is 4.79 Å². The zero-order valence-corrected chi connectivity index (χ0v) is 15.7. The Morgan fingerprint density at radius 3 is 2.64 bits per heavy atom. The van der Waals surface area contributed by atoms with Crippen LogP contribution in [0.3, 0.4) is 0 Å². The minimum absolute atomic E-state index is 0.191. The average Bonchev–Trinajstić information content (AvgIpc) is 3.34. The molecule has 0 saturated carbocycles. The van der Waals surface area contributed by atoms with Crippen molar-refractivity contribution in [3.63, 3.8) is 0 Å². The minimum atomic E-state index is -0.191. The molecule has 0 radical (unpaired) electrons. The van der Waals surface area contributed by atoms with Crippen LogP contribution in [-0.2, 0) is 6.54 Å². The largest absolute Gasteiger partial charge is 0.444 e. The molecule has 0 saturated heterocycles. The summed E-state index contributed by atoms with van der Waals surface area (Å²) in [5.74, 6) is 1.07. The Kier molecular flexibility index (Phi) is 4.76. The number of rotatable bonds is 5. The van der Waals surface area contributed by atoms with Gasteiger partial charge in [-0.05, 0) is 38.1 Å². The summed E-state index contributed by atoms with van der Waals surface area (Å²) in [4.78, 5) is 16.9. The number of amides is 1. The maximum absolute atomic E-state index is 12.6. The number of aryl methyl sites for hydroxylation is 2. The fraction of sp³-hybridized carbons (Fsp3) is 0.136. The zero-order valence-electron chi connectivity index (χ0n) is 15.7. The van der Waals surface area contributed by atoms with Crippen molar-refractivity contribution in [1.82, 2.24) is 20.1 Å². The van der Waals surface area contributed by atoms with E-state index in [2.05, 4.69) is 15.4 Å². The van der Waals surface area contributed by atoms with Crippen LogP contribution in [-0.4, -0.2) is 20.7 Å². The summed E-state index contributed by atoms with van der Waals surface area (Å²) in [6.07, 6.45) is 1.75. The van der Waals surface area contributed by atoms with Gasteiger partial charge in [0, 0.05) is 11.1 Å². The van der Waals surface area contributed by atoms with Gasteiger partial charge in [0.05, 0.1) is 29.8 Å². The monoisotopic (exact) mass is 372 g/mol. The van der Waals surface area contributed by atoms with Crippen LogP contribution in [0, 0.1) is 13.8 Å². The SMILES string of the molecule is Cc1nc(CNC(=O)c2cccc(-n3nccc3-c3ccccc3)c2)oc1C. The molecule has 0 unspecified atom stereocenters. The molecule has 0 aliphatic rings. The summed E-state index contributed by atoms with van der Waals surface area (Å²) >= 11 is 0. The van der Waals surface area contributed by atoms with E-state index in [0.29, 0.717) is 11.5 Å². The van der Waals surface area contributed by atoms with E-state index in [0.717, 1.165) is 28.4 Å². The molecule has 0 aliphatic carbocycles. The highest BCUT2D eigenvalue weighted by Crippen LogP contribution is 2.22. The fourth-order valence-corrected chi connectivity index (χ4v) is 2.99. The lowest BCUT2D eigenvalue weighted by Crippen LogP contribution is -2.23. The van der Waals surface area contributed by atoms with Crippen LogP contribution in [0.15, 0.2) is 71.3 Å². The van der Waals surface area contributed by atoms with Gasteiger partial charge < -0.3 is 9.73 Å². The van der Waals surface area contributed by atoms with E-state index in [1.165, 1.54) is 0 Å². The van der Waals surface area contributed by atoms with Gasteiger partial charge >= 0.3 is 0 Å².